The van der Waals surface area contributed by atoms with Crippen LogP contribution in [0.15, 0.2) is 71.0 Å². The highest BCUT2D eigenvalue weighted by Gasteiger charge is 2.54. The van der Waals surface area contributed by atoms with Crippen LogP contribution in [0.3, 0.4) is 0 Å². The number of alkyl halides is 1. The van der Waals surface area contributed by atoms with E-state index in [1.807, 2.05) is 24.6 Å². The molecule has 3 amide bonds. The van der Waals surface area contributed by atoms with Crippen LogP contribution in [0.5, 0.6) is 0 Å². The van der Waals surface area contributed by atoms with E-state index in [0.29, 0.717) is 22.7 Å². The SMILES string of the molecule is Cc1ncsc1-c1ccc([C@H](CCCCCN2CCC(c3ccc4c(c3)C3(CCCCC3)c3nc(=O)c5c(Cl)cccc5n3-4)CC2)NC(=O)[C@@H]2C[C@@H](O)CN2C(=O)[C@@H](NC(=O)C2(F)CC2)C(C)(C)C)cc1. The number of hydrogen-bond donors (Lipinski definition) is 3. The van der Waals surface area contributed by atoms with Crippen molar-refractivity contribution < 1.29 is 23.9 Å². The number of aliphatic hydroxyl groups is 1. The number of likely N-dealkylation sites (tertiary alicyclic amines) is 2. The van der Waals surface area contributed by atoms with Crippen molar-refractivity contribution in [2.45, 2.75) is 159 Å². The average molecular weight is 1000 g/mol. The number of benzene rings is 3. The molecule has 71 heavy (non-hydrogen) atoms. The van der Waals surface area contributed by atoms with Crippen molar-refractivity contribution in [3.05, 3.63) is 110 Å². The summed E-state index contributed by atoms with van der Waals surface area (Å²) in [7, 11) is 0. The van der Waals surface area contributed by atoms with E-state index >= 15 is 0 Å². The lowest BCUT2D eigenvalue weighted by Crippen LogP contribution is -2.59. The lowest BCUT2D eigenvalue weighted by Gasteiger charge is -2.36. The number of halogens is 2. The molecule has 15 heteroatoms. The van der Waals surface area contributed by atoms with Gasteiger partial charge in [-0.05, 0) is 130 Å². The number of carbonyl (C=O) groups excluding carboxylic acids is 3. The first kappa shape index (κ1) is 49.6. The number of fused-ring (bicyclic) bond motifs is 7. The Kier molecular flexibility index (Phi) is 13.8. The number of nitrogens with zero attached hydrogens (tertiary/aromatic N) is 5. The number of unbranched alkanes of at least 4 members (excludes halogenated alkanes) is 2. The quantitative estimate of drug-likeness (QED) is 0.0932. The molecule has 1 spiro atoms. The fourth-order valence-electron chi connectivity index (χ4n) is 12.1. The third kappa shape index (κ3) is 9.70. The Bertz CT molecular complexity index is 2880. The molecule has 5 heterocycles. The maximum absolute atomic E-state index is 14.8. The van der Waals surface area contributed by atoms with E-state index in [2.05, 4.69) is 67.5 Å². The molecule has 4 atom stereocenters. The molecule has 3 aromatic carbocycles. The number of β-amino-alcohol motifs (C(OH)–C–C–N with tert-alkyl or cyclic N) is 1. The smallest absolute Gasteiger partial charge is 0.282 e. The van der Waals surface area contributed by atoms with Gasteiger partial charge < -0.3 is 25.5 Å². The van der Waals surface area contributed by atoms with Crippen LogP contribution in [-0.4, -0.2) is 97.2 Å². The van der Waals surface area contributed by atoms with E-state index in [-0.39, 0.29) is 48.7 Å². The molecular formula is C56H67ClFN7O5S. The largest absolute Gasteiger partial charge is 0.391 e. The molecule has 0 bridgehead atoms. The minimum absolute atomic E-state index is 0.0530. The number of amides is 3. The zero-order valence-electron chi connectivity index (χ0n) is 41.4. The van der Waals surface area contributed by atoms with Crippen molar-refractivity contribution in [2.24, 2.45) is 5.41 Å². The standard InChI is InChI=1S/C56H67ClFN7O5S/c1-34-47(71-33-59-34)37-17-15-36(16-18-37)42(60-49(67)45-31-39(66)32-64(45)51(69)48(54(2,3)4)61-53(70)56(58)25-26-56)13-7-5-10-27-63-28-21-35(22-29-63)38-19-20-43-40(30-38)55(23-8-6-9-24-55)52-62-50(68)46-41(57)12-11-14-44(46)65(43)52/h11-12,14-20,30,33,35,39,42,45,48,66H,5-10,13,21-29,31-32H2,1-4H3,(H,60,67)(H,61,70)/t39-,42+,45+,48-/m1/s1. The number of aryl methyl sites for hydroxylation is 1. The Morgan fingerprint density at radius 3 is 2.39 bits per heavy atom. The number of carbonyl (C=O) groups is 3. The van der Waals surface area contributed by atoms with Gasteiger partial charge in [-0.3, -0.25) is 23.7 Å². The van der Waals surface area contributed by atoms with Crippen molar-refractivity contribution in [2.75, 3.05) is 26.2 Å². The van der Waals surface area contributed by atoms with Crippen molar-refractivity contribution in [3.8, 4) is 16.1 Å². The second kappa shape index (κ2) is 19.8. The Hall–Kier alpha value is -5.02. The molecule has 5 aliphatic rings. The predicted octanol–water partition coefficient (Wildman–Crippen LogP) is 9.63. The van der Waals surface area contributed by atoms with Gasteiger partial charge in [0.2, 0.25) is 11.8 Å². The van der Waals surface area contributed by atoms with Crippen LogP contribution in [0.1, 0.15) is 151 Å². The molecule has 0 radical (unpaired) electrons. The van der Waals surface area contributed by atoms with E-state index in [0.717, 1.165) is 116 Å². The molecule has 376 valence electrons. The molecule has 5 aromatic rings. The molecule has 4 fully saturated rings. The lowest BCUT2D eigenvalue weighted by atomic mass is 9.69. The molecule has 2 saturated carbocycles. The van der Waals surface area contributed by atoms with Crippen LogP contribution in [0, 0.1) is 12.3 Å². The van der Waals surface area contributed by atoms with E-state index < -0.39 is 41.1 Å². The van der Waals surface area contributed by atoms with Crippen molar-refractivity contribution in [1.29, 1.82) is 0 Å². The molecular weight excluding hydrogens is 937 g/mol. The van der Waals surface area contributed by atoms with E-state index in [1.165, 1.54) is 22.4 Å². The number of thiazole rings is 1. The summed E-state index contributed by atoms with van der Waals surface area (Å²) < 4.78 is 17.0. The van der Waals surface area contributed by atoms with Crippen LogP contribution >= 0.6 is 22.9 Å². The van der Waals surface area contributed by atoms with Crippen LogP contribution in [0.4, 0.5) is 4.39 Å². The monoisotopic (exact) mass is 1000 g/mol. The molecule has 2 aliphatic carbocycles. The fraction of sp³-hybridized carbons (Fsp3) is 0.536. The van der Waals surface area contributed by atoms with E-state index in [9.17, 15) is 28.7 Å². The highest BCUT2D eigenvalue weighted by atomic mass is 35.5. The molecule has 3 N–H and O–H groups in total. The summed E-state index contributed by atoms with van der Waals surface area (Å²) in [6, 6.07) is 18.6. The van der Waals surface area contributed by atoms with Gasteiger partial charge in [0, 0.05) is 13.0 Å². The van der Waals surface area contributed by atoms with Gasteiger partial charge in [0.15, 0.2) is 5.67 Å². The molecule has 0 unspecified atom stereocenters. The molecule has 2 saturated heterocycles. The van der Waals surface area contributed by atoms with Crippen LogP contribution in [0.2, 0.25) is 5.02 Å². The zero-order chi connectivity index (χ0) is 49.8. The molecule has 2 aromatic heterocycles. The van der Waals surface area contributed by atoms with Crippen molar-refractivity contribution in [1.82, 2.24) is 35.0 Å². The summed E-state index contributed by atoms with van der Waals surface area (Å²) in [5, 5.41) is 17.7. The Labute approximate surface area is 424 Å². The molecule has 10 rings (SSSR count). The number of aromatic nitrogens is 3. The number of rotatable bonds is 14. The van der Waals surface area contributed by atoms with Gasteiger partial charge in [-0.25, -0.2) is 9.37 Å². The molecule has 12 nitrogen and oxygen atoms in total. The first-order valence-corrected chi connectivity index (χ1v) is 27.2. The maximum atomic E-state index is 14.8. The summed E-state index contributed by atoms with van der Waals surface area (Å²) in [4.78, 5) is 69.1. The Morgan fingerprint density at radius 2 is 1.70 bits per heavy atom. The van der Waals surface area contributed by atoms with Gasteiger partial charge >= 0.3 is 0 Å². The third-order valence-corrected chi connectivity index (χ3v) is 17.6. The van der Waals surface area contributed by atoms with Gasteiger partial charge in [-0.15, -0.1) is 11.3 Å². The second-order valence-corrected chi connectivity index (χ2v) is 23.4. The summed E-state index contributed by atoms with van der Waals surface area (Å²) in [5.41, 5.74) is 6.21. The first-order valence-electron chi connectivity index (χ1n) is 25.9. The second-order valence-electron chi connectivity index (χ2n) is 22.2. The van der Waals surface area contributed by atoms with E-state index in [1.54, 1.807) is 38.2 Å². The molecule has 3 aliphatic heterocycles. The van der Waals surface area contributed by atoms with Crippen LogP contribution < -0.4 is 16.2 Å². The normalized spacial score (nSPS) is 21.5. The third-order valence-electron chi connectivity index (χ3n) is 16.3. The minimum Gasteiger partial charge on any atom is -0.391 e. The summed E-state index contributed by atoms with van der Waals surface area (Å²) in [5.74, 6) is -0.340. The topological polar surface area (TPSA) is 150 Å². The number of nitrogens with one attached hydrogen (secondary N) is 2. The predicted molar refractivity (Wildman–Crippen MR) is 277 cm³/mol. The Morgan fingerprint density at radius 1 is 0.958 bits per heavy atom. The lowest BCUT2D eigenvalue weighted by molar-refractivity contribution is -0.145. The maximum Gasteiger partial charge on any atom is 0.282 e. The summed E-state index contributed by atoms with van der Waals surface area (Å²) >= 11 is 8.18. The van der Waals surface area contributed by atoms with Crippen LogP contribution in [0.25, 0.3) is 27.0 Å². The van der Waals surface area contributed by atoms with Gasteiger partial charge in [-0.1, -0.05) is 107 Å². The minimum atomic E-state index is -1.96. The van der Waals surface area contributed by atoms with Crippen molar-refractivity contribution in [3.63, 3.8) is 0 Å². The van der Waals surface area contributed by atoms with Crippen molar-refractivity contribution >= 4 is 51.6 Å². The van der Waals surface area contributed by atoms with Gasteiger partial charge in [-0.2, -0.15) is 4.98 Å². The van der Waals surface area contributed by atoms with Gasteiger partial charge in [0.05, 0.1) is 55.3 Å². The average Bonchev–Trinajstić information content (AvgIpc) is 3.64. The number of aliphatic hydroxyl groups excluding tert-OH is 1. The number of hydrogen-bond acceptors (Lipinski definition) is 9. The fourth-order valence-corrected chi connectivity index (χ4v) is 13.1. The van der Waals surface area contributed by atoms with Crippen LogP contribution in [-0.2, 0) is 19.8 Å². The first-order chi connectivity index (χ1) is 34.0. The highest BCUT2D eigenvalue weighted by molar-refractivity contribution is 7.13. The van der Waals surface area contributed by atoms with E-state index in [4.69, 9.17) is 16.6 Å². The summed E-state index contributed by atoms with van der Waals surface area (Å²) in [6.45, 7) is 10.4. The van der Waals surface area contributed by atoms with Gasteiger partial charge in [0.1, 0.15) is 17.9 Å². The zero-order valence-corrected chi connectivity index (χ0v) is 43.0. The highest BCUT2D eigenvalue weighted by Crippen LogP contribution is 2.52. The number of piperidine rings is 1. The summed E-state index contributed by atoms with van der Waals surface area (Å²) in [6.07, 6.45) is 10.5. The van der Waals surface area contributed by atoms with Gasteiger partial charge in [0.25, 0.3) is 11.5 Å². The Balaban J connectivity index is 0.780.